The second kappa shape index (κ2) is 8.68. The van der Waals surface area contributed by atoms with Crippen molar-refractivity contribution in [2.75, 3.05) is 11.9 Å². The SMILES string of the molecule is O=C(Nc1ccc(S(=O)(=O)NCC(F)(F)F)cc1)c1ccc2noc(-c3ccccc3)c2c1. The average molecular weight is 475 g/mol. The standard InChI is InChI=1S/C22H16F3N3O4S/c23-22(24,25)13-26-33(30,31)17-9-7-16(8-10-17)27-21(29)15-6-11-19-18(12-15)20(32-28-19)14-4-2-1-3-5-14/h1-12,26H,13H2,(H,27,29). The van der Waals surface area contributed by atoms with Crippen LogP contribution in [0.5, 0.6) is 0 Å². The van der Waals surface area contributed by atoms with Crippen LogP contribution in [0.15, 0.2) is 82.2 Å². The van der Waals surface area contributed by atoms with Gasteiger partial charge in [-0.1, -0.05) is 35.5 Å². The Morgan fingerprint density at radius 1 is 0.970 bits per heavy atom. The molecule has 1 aromatic heterocycles. The molecule has 0 aliphatic rings. The van der Waals surface area contributed by atoms with Gasteiger partial charge in [0.25, 0.3) is 5.91 Å². The van der Waals surface area contributed by atoms with E-state index in [2.05, 4.69) is 10.5 Å². The van der Waals surface area contributed by atoms with Crippen molar-refractivity contribution in [2.45, 2.75) is 11.1 Å². The molecule has 0 atom stereocenters. The maximum absolute atomic E-state index is 12.7. The summed E-state index contributed by atoms with van der Waals surface area (Å²) in [5.41, 5.74) is 1.95. The van der Waals surface area contributed by atoms with E-state index < -0.39 is 28.7 Å². The summed E-state index contributed by atoms with van der Waals surface area (Å²) in [7, 11) is -4.34. The largest absolute Gasteiger partial charge is 0.402 e. The molecule has 0 unspecified atom stereocenters. The molecule has 7 nitrogen and oxygen atoms in total. The number of alkyl halides is 3. The number of halogens is 3. The third kappa shape index (κ3) is 5.21. The fourth-order valence-electron chi connectivity index (χ4n) is 3.06. The Bertz CT molecular complexity index is 1400. The van der Waals surface area contributed by atoms with Crippen molar-refractivity contribution in [1.29, 1.82) is 0 Å². The van der Waals surface area contributed by atoms with E-state index in [1.54, 1.807) is 18.2 Å². The van der Waals surface area contributed by atoms with Crippen LogP contribution < -0.4 is 10.0 Å². The number of rotatable bonds is 6. The van der Waals surface area contributed by atoms with Crippen molar-refractivity contribution < 1.29 is 30.9 Å². The van der Waals surface area contributed by atoms with Crippen LogP contribution in [-0.2, 0) is 10.0 Å². The van der Waals surface area contributed by atoms with Gasteiger partial charge in [-0.05, 0) is 42.5 Å². The molecular weight excluding hydrogens is 459 g/mol. The van der Waals surface area contributed by atoms with Gasteiger partial charge in [-0.2, -0.15) is 13.2 Å². The Morgan fingerprint density at radius 3 is 2.33 bits per heavy atom. The molecule has 170 valence electrons. The molecule has 0 fully saturated rings. The highest BCUT2D eigenvalue weighted by Gasteiger charge is 2.30. The van der Waals surface area contributed by atoms with Gasteiger partial charge in [0.1, 0.15) is 12.1 Å². The topological polar surface area (TPSA) is 101 Å². The Balaban J connectivity index is 1.51. The van der Waals surface area contributed by atoms with E-state index in [1.165, 1.54) is 16.9 Å². The number of hydrogen-bond acceptors (Lipinski definition) is 5. The monoisotopic (exact) mass is 475 g/mol. The summed E-state index contributed by atoms with van der Waals surface area (Å²) in [6.07, 6.45) is -4.67. The van der Waals surface area contributed by atoms with Crippen molar-refractivity contribution >= 4 is 32.5 Å². The van der Waals surface area contributed by atoms with E-state index in [0.717, 1.165) is 17.7 Å². The summed E-state index contributed by atoms with van der Waals surface area (Å²) in [6.45, 7) is -1.68. The lowest BCUT2D eigenvalue weighted by Gasteiger charge is -2.10. The first-order chi connectivity index (χ1) is 15.6. The number of amides is 1. The lowest BCUT2D eigenvalue weighted by molar-refractivity contribution is -0.121. The van der Waals surface area contributed by atoms with Crippen LogP contribution in [-0.4, -0.2) is 32.2 Å². The smallest absolute Gasteiger partial charge is 0.355 e. The van der Waals surface area contributed by atoms with Crippen molar-refractivity contribution in [2.24, 2.45) is 0 Å². The van der Waals surface area contributed by atoms with Gasteiger partial charge in [0.15, 0.2) is 5.76 Å². The van der Waals surface area contributed by atoms with Crippen molar-refractivity contribution in [1.82, 2.24) is 9.88 Å². The van der Waals surface area contributed by atoms with Gasteiger partial charge in [-0.3, -0.25) is 4.79 Å². The minimum Gasteiger partial charge on any atom is -0.355 e. The fourth-order valence-corrected chi connectivity index (χ4v) is 4.08. The normalized spacial score (nSPS) is 12.1. The molecule has 0 saturated carbocycles. The third-order valence-corrected chi connectivity index (χ3v) is 6.08. The second-order valence-corrected chi connectivity index (χ2v) is 8.79. The van der Waals surface area contributed by atoms with Crippen molar-refractivity contribution in [3.8, 4) is 11.3 Å². The number of sulfonamides is 1. The second-order valence-electron chi connectivity index (χ2n) is 7.03. The van der Waals surface area contributed by atoms with Crippen molar-refractivity contribution in [3.63, 3.8) is 0 Å². The summed E-state index contributed by atoms with van der Waals surface area (Å²) in [4.78, 5) is 12.3. The van der Waals surface area contributed by atoms with Gasteiger partial charge in [0.2, 0.25) is 10.0 Å². The zero-order valence-electron chi connectivity index (χ0n) is 16.8. The summed E-state index contributed by atoms with van der Waals surface area (Å²) in [6, 6.07) is 18.9. The minimum atomic E-state index is -4.67. The van der Waals surface area contributed by atoms with Crippen LogP contribution in [0.1, 0.15) is 10.4 Å². The molecule has 11 heteroatoms. The predicted octanol–water partition coefficient (Wildman–Crippen LogP) is 4.59. The van der Waals surface area contributed by atoms with Crippen LogP contribution in [0.4, 0.5) is 18.9 Å². The molecule has 0 spiro atoms. The number of nitrogens with zero attached hydrogens (tertiary/aromatic N) is 1. The van der Waals surface area contributed by atoms with E-state index in [-0.39, 0.29) is 10.6 Å². The Kier molecular flexibility index (Phi) is 5.91. The first-order valence-electron chi connectivity index (χ1n) is 9.55. The zero-order valence-corrected chi connectivity index (χ0v) is 17.6. The highest BCUT2D eigenvalue weighted by atomic mass is 32.2. The lowest BCUT2D eigenvalue weighted by Crippen LogP contribution is -2.33. The van der Waals surface area contributed by atoms with Crippen LogP contribution in [0.3, 0.4) is 0 Å². The first kappa shape index (κ1) is 22.5. The molecule has 3 aromatic carbocycles. The molecule has 33 heavy (non-hydrogen) atoms. The maximum atomic E-state index is 12.7. The highest BCUT2D eigenvalue weighted by Crippen LogP contribution is 2.29. The molecule has 0 aliphatic carbocycles. The Labute approximate surface area is 186 Å². The molecule has 0 aliphatic heterocycles. The molecule has 1 heterocycles. The van der Waals surface area contributed by atoms with Gasteiger partial charge in [0, 0.05) is 16.8 Å². The predicted molar refractivity (Wildman–Crippen MR) is 115 cm³/mol. The van der Waals surface area contributed by atoms with E-state index in [0.29, 0.717) is 22.2 Å². The number of benzene rings is 3. The Morgan fingerprint density at radius 2 is 1.67 bits per heavy atom. The molecule has 0 saturated heterocycles. The van der Waals surface area contributed by atoms with Crippen LogP contribution >= 0.6 is 0 Å². The van der Waals surface area contributed by atoms with Gasteiger partial charge < -0.3 is 9.84 Å². The van der Waals surface area contributed by atoms with E-state index in [1.807, 2.05) is 30.3 Å². The first-order valence-corrected chi connectivity index (χ1v) is 11.0. The van der Waals surface area contributed by atoms with E-state index >= 15 is 0 Å². The highest BCUT2D eigenvalue weighted by molar-refractivity contribution is 7.89. The van der Waals surface area contributed by atoms with Crippen LogP contribution in [0.25, 0.3) is 22.2 Å². The lowest BCUT2D eigenvalue weighted by atomic mass is 10.1. The van der Waals surface area contributed by atoms with Crippen molar-refractivity contribution in [3.05, 3.63) is 78.4 Å². The minimum absolute atomic E-state index is 0.267. The quantitative estimate of drug-likeness (QED) is 0.425. The summed E-state index contributed by atoms with van der Waals surface area (Å²) in [5, 5.41) is 7.27. The number of carbonyl (C=O) groups is 1. The number of nitrogens with one attached hydrogen (secondary N) is 2. The van der Waals surface area contributed by atoms with Gasteiger partial charge in [-0.15, -0.1) is 0 Å². The van der Waals surface area contributed by atoms with E-state index in [9.17, 15) is 26.4 Å². The molecule has 1 amide bonds. The number of anilines is 1. The Hall–Kier alpha value is -3.70. The third-order valence-electron chi connectivity index (χ3n) is 4.66. The molecule has 0 radical (unpaired) electrons. The van der Waals surface area contributed by atoms with E-state index in [4.69, 9.17) is 4.52 Å². The molecular formula is C22H16F3N3O4S. The summed E-state index contributed by atoms with van der Waals surface area (Å²) >= 11 is 0. The molecule has 0 bridgehead atoms. The van der Waals surface area contributed by atoms with Gasteiger partial charge >= 0.3 is 6.18 Å². The molecule has 4 aromatic rings. The van der Waals surface area contributed by atoms with Gasteiger partial charge in [0.05, 0.1) is 10.3 Å². The fraction of sp³-hybridized carbons (Fsp3) is 0.0909. The van der Waals surface area contributed by atoms with Crippen LogP contribution in [0, 0.1) is 0 Å². The number of fused-ring (bicyclic) bond motifs is 1. The zero-order chi connectivity index (χ0) is 23.6. The summed E-state index contributed by atoms with van der Waals surface area (Å²) in [5.74, 6) is 0.0454. The maximum Gasteiger partial charge on any atom is 0.402 e. The number of aromatic nitrogens is 1. The van der Waals surface area contributed by atoms with Crippen LogP contribution in [0.2, 0.25) is 0 Å². The number of hydrogen-bond donors (Lipinski definition) is 2. The molecule has 2 N–H and O–H groups in total. The average Bonchev–Trinajstić information content (AvgIpc) is 3.22. The molecule has 4 rings (SSSR count). The van der Waals surface area contributed by atoms with Gasteiger partial charge in [-0.25, -0.2) is 13.1 Å². The number of carbonyl (C=O) groups excluding carboxylic acids is 1. The summed E-state index contributed by atoms with van der Waals surface area (Å²) < 4.78 is 67.7.